The van der Waals surface area contributed by atoms with E-state index in [-0.39, 0.29) is 12.0 Å². The smallest absolute Gasteiger partial charge is 0.272 e. The second kappa shape index (κ2) is 12.0. The van der Waals surface area contributed by atoms with Crippen LogP contribution in [0.3, 0.4) is 0 Å². The van der Waals surface area contributed by atoms with Crippen LogP contribution >= 0.6 is 11.3 Å². The average molecular weight is 582 g/mol. The number of methoxy groups -OCH3 is 1. The van der Waals surface area contributed by atoms with Gasteiger partial charge in [-0.15, -0.1) is 11.3 Å². The molecule has 3 heterocycles. The number of para-hydroxylation sites is 1. The summed E-state index contributed by atoms with van der Waals surface area (Å²) in [5, 5.41) is 20.3. The van der Waals surface area contributed by atoms with Crippen molar-refractivity contribution in [1.82, 2.24) is 14.9 Å². The summed E-state index contributed by atoms with van der Waals surface area (Å²) in [5.74, 6) is 0.827. The fraction of sp³-hybridized carbons (Fsp3) is 0.273. The van der Waals surface area contributed by atoms with Crippen molar-refractivity contribution in [2.75, 3.05) is 24.7 Å². The molecule has 3 aromatic heterocycles. The van der Waals surface area contributed by atoms with Crippen molar-refractivity contribution in [2.45, 2.75) is 37.8 Å². The number of ether oxygens (including phenoxy) is 1. The van der Waals surface area contributed by atoms with Gasteiger partial charge in [0.25, 0.3) is 5.91 Å². The number of aliphatic hydroxyl groups excluding tert-OH is 1. The van der Waals surface area contributed by atoms with Gasteiger partial charge in [-0.1, -0.05) is 36.4 Å². The predicted octanol–water partition coefficient (Wildman–Crippen LogP) is 6.20. The first-order valence-corrected chi connectivity index (χ1v) is 15.1. The Balaban J connectivity index is 1.22. The Morgan fingerprint density at radius 3 is 2.79 bits per heavy atom. The lowest BCUT2D eigenvalue weighted by Gasteiger charge is -2.25. The number of nitrogens with zero attached hydrogens (tertiary/aromatic N) is 2. The van der Waals surface area contributed by atoms with Gasteiger partial charge < -0.3 is 30.8 Å². The first-order valence-electron chi connectivity index (χ1n) is 14.2. The number of aryl methyl sites for hydroxylation is 1. The third-order valence-corrected chi connectivity index (χ3v) is 9.14. The van der Waals surface area contributed by atoms with Crippen LogP contribution in [-0.4, -0.2) is 46.4 Å². The summed E-state index contributed by atoms with van der Waals surface area (Å²) in [7, 11) is 3.49. The number of nitrogen functional groups attached to an aromatic ring is 1. The molecule has 9 heteroatoms. The lowest BCUT2D eigenvalue weighted by molar-refractivity contribution is 0.101. The number of aliphatic hydroxyl groups is 1. The zero-order chi connectivity index (χ0) is 29.2. The first kappa shape index (κ1) is 28.0. The van der Waals surface area contributed by atoms with Gasteiger partial charge in [-0.3, -0.25) is 4.79 Å². The number of rotatable bonds is 8. The minimum absolute atomic E-state index is 0.147. The Bertz CT molecular complexity index is 1780. The summed E-state index contributed by atoms with van der Waals surface area (Å²) in [4.78, 5) is 17.7. The van der Waals surface area contributed by atoms with Crippen molar-refractivity contribution >= 4 is 55.8 Å². The molecular weight excluding hydrogens is 546 g/mol. The fourth-order valence-electron chi connectivity index (χ4n) is 5.77. The average Bonchev–Trinajstić information content (AvgIpc) is 3.60. The Morgan fingerprint density at radius 2 is 2.00 bits per heavy atom. The molecule has 0 atom stereocenters. The molecule has 216 valence electrons. The van der Waals surface area contributed by atoms with Crippen LogP contribution in [0.1, 0.15) is 41.7 Å². The Labute approximate surface area is 248 Å². The highest BCUT2D eigenvalue weighted by atomic mass is 32.1. The van der Waals surface area contributed by atoms with Crippen molar-refractivity contribution in [3.8, 4) is 16.9 Å². The molecule has 0 radical (unpaired) electrons. The number of benzene rings is 2. The van der Waals surface area contributed by atoms with Gasteiger partial charge in [0, 0.05) is 57.9 Å². The van der Waals surface area contributed by atoms with E-state index in [1.807, 2.05) is 66.3 Å². The number of amides is 1. The van der Waals surface area contributed by atoms with Crippen molar-refractivity contribution < 1.29 is 14.6 Å². The number of thiophene rings is 1. The van der Waals surface area contributed by atoms with Gasteiger partial charge in [-0.25, -0.2) is 4.98 Å². The normalized spacial score (nSPS) is 17.3. The molecule has 0 bridgehead atoms. The zero-order valence-corrected chi connectivity index (χ0v) is 24.6. The number of pyridine rings is 1. The van der Waals surface area contributed by atoms with Gasteiger partial charge in [0.2, 0.25) is 0 Å². The summed E-state index contributed by atoms with van der Waals surface area (Å²) in [6, 6.07) is 16.0. The van der Waals surface area contributed by atoms with E-state index in [1.165, 1.54) is 0 Å². The van der Waals surface area contributed by atoms with Gasteiger partial charge >= 0.3 is 0 Å². The van der Waals surface area contributed by atoms with Crippen molar-refractivity contribution in [1.29, 1.82) is 0 Å². The molecule has 0 spiro atoms. The Kier molecular flexibility index (Phi) is 7.97. The van der Waals surface area contributed by atoms with Crippen molar-refractivity contribution in [3.63, 3.8) is 0 Å². The van der Waals surface area contributed by atoms with E-state index in [2.05, 4.69) is 33.1 Å². The summed E-state index contributed by atoms with van der Waals surface area (Å²) in [6.45, 7) is 0.758. The number of nitrogens with one attached hydrogen (secondary N) is 2. The van der Waals surface area contributed by atoms with Crippen LogP contribution < -0.4 is 21.1 Å². The number of hydrogen-bond acceptors (Lipinski definition) is 7. The quantitative estimate of drug-likeness (QED) is 0.173. The fourth-order valence-corrected chi connectivity index (χ4v) is 6.85. The van der Waals surface area contributed by atoms with E-state index in [0.717, 1.165) is 69.9 Å². The molecule has 2 aromatic carbocycles. The maximum Gasteiger partial charge on any atom is 0.272 e. The first-order chi connectivity index (χ1) is 20.4. The van der Waals surface area contributed by atoms with E-state index in [1.54, 1.807) is 18.4 Å². The van der Waals surface area contributed by atoms with Crippen LogP contribution in [0.4, 0.5) is 11.5 Å². The molecule has 1 fully saturated rings. The van der Waals surface area contributed by atoms with Crippen LogP contribution in [0.25, 0.3) is 38.2 Å². The van der Waals surface area contributed by atoms with E-state index in [4.69, 9.17) is 10.5 Å². The molecule has 1 saturated carbocycles. The van der Waals surface area contributed by atoms with Crippen LogP contribution in [0.2, 0.25) is 0 Å². The number of aromatic nitrogens is 2. The second-order valence-electron chi connectivity index (χ2n) is 10.8. The zero-order valence-electron chi connectivity index (χ0n) is 23.8. The molecule has 1 amide bonds. The van der Waals surface area contributed by atoms with Crippen molar-refractivity contribution in [3.05, 3.63) is 77.4 Å². The largest absolute Gasteiger partial charge is 0.495 e. The van der Waals surface area contributed by atoms with Gasteiger partial charge in [-0.05, 0) is 60.9 Å². The summed E-state index contributed by atoms with van der Waals surface area (Å²) in [5.41, 5.74) is 11.5. The molecule has 0 saturated heterocycles. The number of hydrogen-bond donors (Lipinski definition) is 4. The Hall–Kier alpha value is -4.18. The SMILES string of the molecule is COc1cc(-c2csc3c(C=CCNC4CCC(O)CC4)cnc(N)c23)ccc1NC(=O)c1cc2ccccc2n1C. The van der Waals surface area contributed by atoms with Gasteiger partial charge in [0.15, 0.2) is 0 Å². The molecule has 0 unspecified atom stereocenters. The van der Waals surface area contributed by atoms with Crippen molar-refractivity contribution in [2.24, 2.45) is 7.05 Å². The minimum atomic E-state index is -0.207. The number of carbonyl (C=O) groups excluding carboxylic acids is 1. The molecule has 5 aromatic rings. The van der Waals surface area contributed by atoms with Crippen LogP contribution in [0.5, 0.6) is 5.75 Å². The third-order valence-electron chi connectivity index (χ3n) is 8.12. The molecule has 8 nitrogen and oxygen atoms in total. The molecule has 1 aliphatic rings. The summed E-state index contributed by atoms with van der Waals surface area (Å²) in [6.07, 6.45) is 9.62. The molecule has 6 rings (SSSR count). The number of anilines is 2. The van der Waals surface area contributed by atoms with E-state index in [0.29, 0.717) is 29.0 Å². The maximum absolute atomic E-state index is 13.2. The van der Waals surface area contributed by atoms with E-state index in [9.17, 15) is 9.90 Å². The molecule has 5 N–H and O–H groups in total. The monoisotopic (exact) mass is 581 g/mol. The van der Waals surface area contributed by atoms with Crippen LogP contribution in [-0.2, 0) is 7.05 Å². The topological polar surface area (TPSA) is 114 Å². The van der Waals surface area contributed by atoms with Crippen LogP contribution in [0, 0.1) is 0 Å². The predicted molar refractivity (Wildman–Crippen MR) is 172 cm³/mol. The highest BCUT2D eigenvalue weighted by molar-refractivity contribution is 7.18. The minimum Gasteiger partial charge on any atom is -0.495 e. The maximum atomic E-state index is 13.2. The summed E-state index contributed by atoms with van der Waals surface area (Å²) >= 11 is 1.63. The number of carbonyl (C=O) groups is 1. The highest BCUT2D eigenvalue weighted by Crippen LogP contribution is 2.41. The Morgan fingerprint density at radius 1 is 1.19 bits per heavy atom. The second-order valence-corrected chi connectivity index (χ2v) is 11.7. The van der Waals surface area contributed by atoms with Gasteiger partial charge in [0.05, 0.1) is 18.9 Å². The van der Waals surface area contributed by atoms with Crippen LogP contribution in [0.15, 0.2) is 66.2 Å². The molecular formula is C33H35N5O3S. The van der Waals surface area contributed by atoms with E-state index < -0.39 is 0 Å². The standard InChI is InChI=1S/C33H35N5O3S/c1-38-27-8-4-3-6-21(27)16-28(38)33(40)37-26-14-9-20(17-29(26)41-2)25-19-42-31-22(18-36-32(34)30(25)31)7-5-15-35-23-10-12-24(39)13-11-23/h3-9,14,16-19,23-24,35,39H,10-13,15H2,1-2H3,(H2,34,36)(H,37,40). The van der Waals surface area contributed by atoms with Gasteiger partial charge in [-0.2, -0.15) is 0 Å². The number of fused-ring (bicyclic) bond motifs is 2. The highest BCUT2D eigenvalue weighted by Gasteiger charge is 2.19. The summed E-state index contributed by atoms with van der Waals surface area (Å²) < 4.78 is 8.66. The lowest BCUT2D eigenvalue weighted by atomic mass is 9.93. The van der Waals surface area contributed by atoms with E-state index >= 15 is 0 Å². The molecule has 1 aliphatic carbocycles. The molecule has 42 heavy (non-hydrogen) atoms. The third kappa shape index (κ3) is 5.51. The van der Waals surface area contributed by atoms with Gasteiger partial charge in [0.1, 0.15) is 17.3 Å². The number of nitrogens with two attached hydrogens (primary N) is 1. The molecule has 0 aliphatic heterocycles. The lowest BCUT2D eigenvalue weighted by Crippen LogP contribution is -2.34.